The molecule has 0 aliphatic rings. The highest BCUT2D eigenvalue weighted by atomic mass is 19.1. The molecule has 4 heteroatoms. The lowest BCUT2D eigenvalue weighted by Gasteiger charge is -2.10. The normalized spacial score (nSPS) is 10.3. The minimum Gasteiger partial charge on any atom is -0.438 e. The number of aryl methyl sites for hydroxylation is 1. The second-order valence-electron chi connectivity index (χ2n) is 3.69. The number of nitrogens with zero attached hydrogens (tertiary/aromatic N) is 1. The summed E-state index contributed by atoms with van der Waals surface area (Å²) in [7, 11) is 0. The highest BCUT2D eigenvalue weighted by Gasteiger charge is 2.08. The molecule has 88 valence electrons. The molecule has 2 aromatic rings. The van der Waals surface area contributed by atoms with Crippen molar-refractivity contribution < 1.29 is 9.13 Å². The Morgan fingerprint density at radius 1 is 1.35 bits per heavy atom. The minimum atomic E-state index is -0.414. The van der Waals surface area contributed by atoms with Crippen LogP contribution in [-0.4, -0.2) is 4.98 Å². The predicted octanol–water partition coefficient (Wildman–Crippen LogP) is 2.78. The third-order valence-corrected chi connectivity index (χ3v) is 2.41. The van der Waals surface area contributed by atoms with Crippen LogP contribution >= 0.6 is 0 Å². The maximum absolute atomic E-state index is 13.0. The van der Waals surface area contributed by atoms with Gasteiger partial charge in [0.05, 0.1) is 6.20 Å². The van der Waals surface area contributed by atoms with Crippen molar-refractivity contribution in [1.29, 1.82) is 0 Å². The molecule has 1 aromatic carbocycles. The Labute approximate surface area is 99.1 Å². The van der Waals surface area contributed by atoms with Gasteiger partial charge < -0.3 is 10.5 Å². The van der Waals surface area contributed by atoms with Crippen molar-refractivity contribution in [3.63, 3.8) is 0 Å². The van der Waals surface area contributed by atoms with E-state index in [0.717, 1.165) is 11.8 Å². The SMILES string of the molecule is Cc1ccccc1Oc1ncc(F)cc1CN. The van der Waals surface area contributed by atoms with E-state index in [1.807, 2.05) is 31.2 Å². The largest absolute Gasteiger partial charge is 0.438 e. The van der Waals surface area contributed by atoms with Gasteiger partial charge in [0.15, 0.2) is 0 Å². The molecule has 0 saturated heterocycles. The molecule has 0 radical (unpaired) electrons. The summed E-state index contributed by atoms with van der Waals surface area (Å²) in [6, 6.07) is 8.89. The van der Waals surface area contributed by atoms with Crippen LogP contribution in [0, 0.1) is 12.7 Å². The second-order valence-corrected chi connectivity index (χ2v) is 3.69. The standard InChI is InChI=1S/C13H13FN2O/c1-9-4-2-3-5-12(9)17-13-10(7-15)6-11(14)8-16-13/h2-6,8H,7,15H2,1H3. The molecule has 3 nitrogen and oxygen atoms in total. The smallest absolute Gasteiger partial charge is 0.223 e. The fourth-order valence-electron chi connectivity index (χ4n) is 1.48. The van der Waals surface area contributed by atoms with Crippen LogP contribution in [0.4, 0.5) is 4.39 Å². The van der Waals surface area contributed by atoms with Crippen LogP contribution in [0.25, 0.3) is 0 Å². The second kappa shape index (κ2) is 4.93. The van der Waals surface area contributed by atoms with Crippen molar-refractivity contribution in [1.82, 2.24) is 4.98 Å². The number of halogens is 1. The Bertz CT molecular complexity index is 529. The van der Waals surface area contributed by atoms with Gasteiger partial charge in [-0.2, -0.15) is 0 Å². The highest BCUT2D eigenvalue weighted by Crippen LogP contribution is 2.25. The van der Waals surface area contributed by atoms with Crippen LogP contribution < -0.4 is 10.5 Å². The average Bonchev–Trinajstić information content (AvgIpc) is 2.34. The number of ether oxygens (including phenoxy) is 1. The maximum Gasteiger partial charge on any atom is 0.223 e. The molecule has 1 aromatic heterocycles. The maximum atomic E-state index is 13.0. The zero-order valence-corrected chi connectivity index (χ0v) is 9.48. The molecule has 2 rings (SSSR count). The first kappa shape index (κ1) is 11.5. The van der Waals surface area contributed by atoms with Crippen molar-refractivity contribution in [2.75, 3.05) is 0 Å². The van der Waals surface area contributed by atoms with Gasteiger partial charge in [0.2, 0.25) is 5.88 Å². The molecule has 0 atom stereocenters. The Hall–Kier alpha value is -1.94. The van der Waals surface area contributed by atoms with Gasteiger partial charge in [-0.15, -0.1) is 0 Å². The molecule has 2 N–H and O–H groups in total. The van der Waals surface area contributed by atoms with Gasteiger partial charge in [0, 0.05) is 12.1 Å². The zero-order valence-electron chi connectivity index (χ0n) is 9.48. The van der Waals surface area contributed by atoms with E-state index in [-0.39, 0.29) is 6.54 Å². The molecule has 0 aliphatic heterocycles. The van der Waals surface area contributed by atoms with Gasteiger partial charge >= 0.3 is 0 Å². The summed E-state index contributed by atoms with van der Waals surface area (Å²) in [5, 5.41) is 0. The van der Waals surface area contributed by atoms with Crippen LogP contribution in [-0.2, 0) is 6.54 Å². The minimum absolute atomic E-state index is 0.186. The number of para-hydroxylation sites is 1. The van der Waals surface area contributed by atoms with Crippen molar-refractivity contribution >= 4 is 0 Å². The Balaban J connectivity index is 2.33. The van der Waals surface area contributed by atoms with Gasteiger partial charge in [-0.05, 0) is 24.6 Å². The number of hydrogen-bond acceptors (Lipinski definition) is 3. The van der Waals surface area contributed by atoms with Crippen LogP contribution in [0.5, 0.6) is 11.6 Å². The molecular formula is C13H13FN2O. The Morgan fingerprint density at radius 3 is 2.82 bits per heavy atom. The molecule has 0 fully saturated rings. The fraction of sp³-hybridized carbons (Fsp3) is 0.154. The van der Waals surface area contributed by atoms with E-state index in [9.17, 15) is 4.39 Å². The summed E-state index contributed by atoms with van der Waals surface area (Å²) in [4.78, 5) is 3.91. The average molecular weight is 232 g/mol. The Kier molecular flexibility index (Phi) is 3.35. The van der Waals surface area contributed by atoms with E-state index < -0.39 is 5.82 Å². The van der Waals surface area contributed by atoms with Crippen molar-refractivity contribution in [3.05, 3.63) is 53.5 Å². The van der Waals surface area contributed by atoms with E-state index in [1.54, 1.807) is 0 Å². The van der Waals surface area contributed by atoms with E-state index in [4.69, 9.17) is 10.5 Å². The predicted molar refractivity (Wildman–Crippen MR) is 63.3 cm³/mol. The number of nitrogens with two attached hydrogens (primary N) is 1. The lowest BCUT2D eigenvalue weighted by atomic mass is 10.2. The Morgan fingerprint density at radius 2 is 2.12 bits per heavy atom. The zero-order chi connectivity index (χ0) is 12.3. The molecule has 17 heavy (non-hydrogen) atoms. The first-order chi connectivity index (χ1) is 8.20. The van der Waals surface area contributed by atoms with Crippen LogP contribution in [0.15, 0.2) is 36.5 Å². The highest BCUT2D eigenvalue weighted by molar-refractivity contribution is 5.37. The van der Waals surface area contributed by atoms with Gasteiger partial charge in [-0.25, -0.2) is 9.37 Å². The van der Waals surface area contributed by atoms with Gasteiger partial charge in [0.1, 0.15) is 11.6 Å². The van der Waals surface area contributed by atoms with E-state index in [0.29, 0.717) is 17.2 Å². The topological polar surface area (TPSA) is 48.1 Å². The molecule has 1 heterocycles. The number of rotatable bonds is 3. The molecular weight excluding hydrogens is 219 g/mol. The third kappa shape index (κ3) is 2.60. The summed E-state index contributed by atoms with van der Waals surface area (Å²) in [5.41, 5.74) is 7.06. The first-order valence-corrected chi connectivity index (χ1v) is 5.28. The summed E-state index contributed by atoms with van der Waals surface area (Å²) in [6.07, 6.45) is 1.12. The number of aromatic nitrogens is 1. The number of hydrogen-bond donors (Lipinski definition) is 1. The van der Waals surface area contributed by atoms with E-state index in [1.165, 1.54) is 6.07 Å². The number of benzene rings is 1. The molecule has 0 unspecified atom stereocenters. The summed E-state index contributed by atoms with van der Waals surface area (Å²) < 4.78 is 18.6. The summed E-state index contributed by atoms with van der Waals surface area (Å²) >= 11 is 0. The van der Waals surface area contributed by atoms with Crippen molar-refractivity contribution in [2.24, 2.45) is 5.73 Å². The van der Waals surface area contributed by atoms with Crippen LogP contribution in [0.3, 0.4) is 0 Å². The van der Waals surface area contributed by atoms with Gasteiger partial charge in [-0.3, -0.25) is 0 Å². The van der Waals surface area contributed by atoms with Gasteiger partial charge in [-0.1, -0.05) is 18.2 Å². The molecule has 0 saturated carbocycles. The molecule has 0 aliphatic carbocycles. The molecule has 0 spiro atoms. The van der Waals surface area contributed by atoms with E-state index in [2.05, 4.69) is 4.98 Å². The number of pyridine rings is 1. The summed E-state index contributed by atoms with van der Waals surface area (Å²) in [6.45, 7) is 2.12. The van der Waals surface area contributed by atoms with Crippen LogP contribution in [0.2, 0.25) is 0 Å². The summed E-state index contributed by atoms with van der Waals surface area (Å²) in [5.74, 6) is 0.632. The van der Waals surface area contributed by atoms with Crippen LogP contribution in [0.1, 0.15) is 11.1 Å². The van der Waals surface area contributed by atoms with Crippen molar-refractivity contribution in [3.8, 4) is 11.6 Å². The molecule has 0 bridgehead atoms. The third-order valence-electron chi connectivity index (χ3n) is 2.41. The fourth-order valence-corrected chi connectivity index (χ4v) is 1.48. The van der Waals surface area contributed by atoms with E-state index >= 15 is 0 Å². The van der Waals surface area contributed by atoms with Crippen molar-refractivity contribution in [2.45, 2.75) is 13.5 Å². The lowest BCUT2D eigenvalue weighted by Crippen LogP contribution is -2.02. The monoisotopic (exact) mass is 232 g/mol. The lowest BCUT2D eigenvalue weighted by molar-refractivity contribution is 0.449. The molecule has 0 amide bonds. The first-order valence-electron chi connectivity index (χ1n) is 5.28. The quantitative estimate of drug-likeness (QED) is 0.885. The van der Waals surface area contributed by atoms with Gasteiger partial charge in [0.25, 0.3) is 0 Å².